The molecule has 0 fully saturated rings. The van der Waals surface area contributed by atoms with Gasteiger partial charge >= 0.3 is 0 Å². The molecule has 0 saturated carbocycles. The van der Waals surface area contributed by atoms with Gasteiger partial charge in [-0.05, 0) is 16.7 Å². The van der Waals surface area contributed by atoms with Crippen molar-refractivity contribution >= 4 is 18.2 Å². The quantitative estimate of drug-likeness (QED) is 0.159. The van der Waals surface area contributed by atoms with E-state index in [1.807, 2.05) is 109 Å². The van der Waals surface area contributed by atoms with Gasteiger partial charge in [-0.15, -0.1) is 0 Å². The Bertz CT molecular complexity index is 1070. The van der Waals surface area contributed by atoms with Gasteiger partial charge in [0, 0.05) is 21.7 Å². The Morgan fingerprint density at radius 1 is 0.488 bits per heavy atom. The predicted molar refractivity (Wildman–Crippen MR) is 173 cm³/mol. The molecule has 216 valence electrons. The Morgan fingerprint density at radius 3 is 0.902 bits per heavy atom. The first-order valence-corrected chi connectivity index (χ1v) is 13.5. The molecule has 0 saturated heterocycles. The summed E-state index contributed by atoms with van der Waals surface area (Å²) in [7, 11) is 0. The van der Waals surface area contributed by atoms with Gasteiger partial charge in [-0.3, -0.25) is 0 Å². The van der Waals surface area contributed by atoms with Crippen molar-refractivity contribution in [2.24, 2.45) is 0 Å². The Morgan fingerprint density at radius 2 is 0.732 bits per heavy atom. The fraction of sp³-hybridized carbons (Fsp3) is 0.216. The molecule has 0 spiro atoms. The van der Waals surface area contributed by atoms with Gasteiger partial charge in [-0.25, -0.2) is 0 Å². The van der Waals surface area contributed by atoms with E-state index in [0.717, 1.165) is 16.7 Å². The summed E-state index contributed by atoms with van der Waals surface area (Å²) >= 11 is 0. The fourth-order valence-electron chi connectivity index (χ4n) is 3.67. The van der Waals surface area contributed by atoms with Crippen molar-refractivity contribution in [2.45, 2.75) is 34.6 Å². The zero-order chi connectivity index (χ0) is 29.6. The van der Waals surface area contributed by atoms with Crippen LogP contribution in [0.2, 0.25) is 0 Å². The van der Waals surface area contributed by atoms with Crippen LogP contribution in [0, 0.1) is 34.6 Å². The van der Waals surface area contributed by atoms with Crippen molar-refractivity contribution in [3.63, 3.8) is 0 Å². The van der Waals surface area contributed by atoms with Crippen LogP contribution in [0.5, 0.6) is 0 Å². The second-order valence-electron chi connectivity index (χ2n) is 9.11. The van der Waals surface area contributed by atoms with E-state index >= 15 is 0 Å². The van der Waals surface area contributed by atoms with E-state index in [1.54, 1.807) is 18.2 Å². The van der Waals surface area contributed by atoms with E-state index in [0.29, 0.717) is 0 Å². The van der Waals surface area contributed by atoms with Gasteiger partial charge < -0.3 is 15.3 Å². The van der Waals surface area contributed by atoms with Gasteiger partial charge in [0.2, 0.25) is 0 Å². The Hall–Kier alpha value is -3.18. The van der Waals surface area contributed by atoms with E-state index in [4.69, 9.17) is 15.3 Å². The smallest absolute Gasteiger partial charge is 0.0615 e. The van der Waals surface area contributed by atoms with Gasteiger partial charge in [0.15, 0.2) is 0 Å². The number of benzene rings is 3. The van der Waals surface area contributed by atoms with Crippen LogP contribution in [0.25, 0.3) is 18.2 Å². The molecule has 0 aliphatic rings. The molecule has 0 radical (unpaired) electrons. The van der Waals surface area contributed by atoms with Crippen molar-refractivity contribution in [1.29, 1.82) is 0 Å². The maximum absolute atomic E-state index is 8.44. The Balaban J connectivity index is 0.000000516. The molecular weight excluding hydrogens is 540 g/mol. The minimum absolute atomic E-state index is 0. The van der Waals surface area contributed by atoms with Crippen LogP contribution in [-0.4, -0.2) is 35.1 Å². The van der Waals surface area contributed by atoms with Crippen molar-refractivity contribution in [1.82, 2.24) is 0 Å². The van der Waals surface area contributed by atoms with Crippen molar-refractivity contribution in [2.75, 3.05) is 19.8 Å². The molecule has 0 aliphatic heterocycles. The fourth-order valence-corrected chi connectivity index (χ4v) is 3.67. The number of rotatable bonds is 6. The predicted octanol–water partition coefficient (Wildman–Crippen LogP) is 8.02. The summed E-state index contributed by atoms with van der Waals surface area (Å²) in [6.07, 6.45) is 10.8. The Labute approximate surface area is 262 Å². The summed E-state index contributed by atoms with van der Waals surface area (Å²) in [6, 6.07) is 29.7. The Kier molecular flexibility index (Phi) is 21.7. The maximum Gasteiger partial charge on any atom is 0.0615 e. The normalized spacial score (nSPS) is 10.2. The second-order valence-corrected chi connectivity index (χ2v) is 9.11. The molecule has 0 heterocycles. The summed E-state index contributed by atoms with van der Waals surface area (Å²) in [5.41, 5.74) is 10.7. The third-order valence-electron chi connectivity index (χ3n) is 6.46. The number of aliphatic hydroxyl groups is 3. The molecule has 0 bridgehead atoms. The average molecular weight is 586 g/mol. The third kappa shape index (κ3) is 16.0. The van der Waals surface area contributed by atoms with E-state index < -0.39 is 0 Å². The van der Waals surface area contributed by atoms with Gasteiger partial charge in [0.1, 0.15) is 0 Å². The van der Waals surface area contributed by atoms with Crippen LogP contribution in [0.1, 0.15) is 44.5 Å². The largest absolute Gasteiger partial charge is 0.392 e. The van der Waals surface area contributed by atoms with Crippen molar-refractivity contribution < 1.29 is 37.0 Å². The summed E-state index contributed by atoms with van der Waals surface area (Å²) in [4.78, 5) is 0. The van der Waals surface area contributed by atoms with Crippen LogP contribution in [0.3, 0.4) is 0 Å². The van der Waals surface area contributed by atoms with Crippen LogP contribution in [0.15, 0.2) is 109 Å². The van der Waals surface area contributed by atoms with Gasteiger partial charge in [0.25, 0.3) is 0 Å². The molecule has 3 nitrogen and oxygen atoms in total. The minimum Gasteiger partial charge on any atom is -0.392 e. The molecule has 0 aliphatic carbocycles. The summed E-state index contributed by atoms with van der Waals surface area (Å²) in [6.45, 7) is 11.3. The molecule has 41 heavy (non-hydrogen) atoms. The van der Waals surface area contributed by atoms with Gasteiger partial charge in [-0.1, -0.05) is 162 Å². The van der Waals surface area contributed by atoms with Gasteiger partial charge in [0.05, 0.1) is 19.8 Å². The molecule has 4 rings (SSSR count). The molecule has 0 atom stereocenters. The first kappa shape index (κ1) is 37.8. The molecular formula is C37H45O3Ti-. The zero-order valence-corrected chi connectivity index (χ0v) is 26.6. The van der Waals surface area contributed by atoms with Crippen molar-refractivity contribution in [3.8, 4) is 0 Å². The molecule has 3 N–H and O–H groups in total. The van der Waals surface area contributed by atoms with E-state index in [1.165, 1.54) is 27.8 Å². The number of aliphatic hydroxyl groups excluding tert-OH is 3. The number of hydrogen-bond donors (Lipinski definition) is 3. The minimum atomic E-state index is 0. The maximum atomic E-state index is 8.44. The van der Waals surface area contributed by atoms with E-state index in [2.05, 4.69) is 34.6 Å². The van der Waals surface area contributed by atoms with Crippen LogP contribution >= 0.6 is 0 Å². The molecule has 0 unspecified atom stereocenters. The standard InChI is InChI=1S/C10H15.3C9H10O.Ti/c1-6-7(2)9(4)10(5)8(6)3;3*10-8-4-7-9-5-2-1-3-6-9;/h1-5H3;3*1-7,10H,8H2;/q-1;;;;/b;3*7-4+;. The first-order chi connectivity index (χ1) is 19.3. The second kappa shape index (κ2) is 23.5. The summed E-state index contributed by atoms with van der Waals surface area (Å²) in [5.74, 6) is 0. The SMILES string of the molecule is Cc1c(C)c(C)[c-](C)c1C.OC/C=C/c1ccccc1.OC/C=C/c1ccccc1.OC/C=C/c1ccccc1.[Ti]. The van der Waals surface area contributed by atoms with Gasteiger partial charge in [-0.2, -0.15) is 27.8 Å². The van der Waals surface area contributed by atoms with E-state index in [-0.39, 0.29) is 41.5 Å². The third-order valence-corrected chi connectivity index (χ3v) is 6.46. The van der Waals surface area contributed by atoms with Crippen LogP contribution < -0.4 is 0 Å². The summed E-state index contributed by atoms with van der Waals surface area (Å²) < 4.78 is 0. The average Bonchev–Trinajstić information content (AvgIpc) is 3.17. The topological polar surface area (TPSA) is 60.7 Å². The molecule has 4 aromatic carbocycles. The van der Waals surface area contributed by atoms with Crippen molar-refractivity contribution in [3.05, 3.63) is 154 Å². The van der Waals surface area contributed by atoms with E-state index in [9.17, 15) is 0 Å². The molecule has 0 aromatic heterocycles. The molecule has 4 aromatic rings. The summed E-state index contributed by atoms with van der Waals surface area (Å²) in [5, 5.41) is 25.3. The van der Waals surface area contributed by atoms with Crippen LogP contribution in [0.4, 0.5) is 0 Å². The molecule has 0 amide bonds. The number of hydrogen-bond acceptors (Lipinski definition) is 3. The van der Waals surface area contributed by atoms with Crippen LogP contribution in [-0.2, 0) is 21.7 Å². The molecule has 4 heteroatoms. The monoisotopic (exact) mass is 585 g/mol. The zero-order valence-electron chi connectivity index (χ0n) is 25.1. The first-order valence-electron chi connectivity index (χ1n) is 13.5.